The van der Waals surface area contributed by atoms with E-state index in [9.17, 15) is 9.59 Å². The molecule has 0 atom stereocenters. The number of anilines is 2. The van der Waals surface area contributed by atoms with Crippen molar-refractivity contribution in [2.45, 2.75) is 25.7 Å². The highest BCUT2D eigenvalue weighted by molar-refractivity contribution is 5.96. The van der Waals surface area contributed by atoms with Gasteiger partial charge in [0.25, 0.3) is 0 Å². The summed E-state index contributed by atoms with van der Waals surface area (Å²) >= 11 is 0. The number of carbonyl (C=O) groups excluding carboxylic acids is 2. The van der Waals surface area contributed by atoms with Gasteiger partial charge in [0, 0.05) is 45.5 Å². The zero-order chi connectivity index (χ0) is 32.7. The van der Waals surface area contributed by atoms with Gasteiger partial charge in [0.1, 0.15) is 0 Å². The topological polar surface area (TPSA) is 84.0 Å². The highest BCUT2D eigenvalue weighted by atomic mass is 16.2. The summed E-state index contributed by atoms with van der Waals surface area (Å²) in [5.41, 5.74) is 8.57. The van der Waals surface area contributed by atoms with Crippen LogP contribution in [0.25, 0.3) is 45.0 Å². The van der Waals surface area contributed by atoms with Crippen molar-refractivity contribution < 1.29 is 9.59 Å². The third kappa shape index (κ3) is 7.24. The van der Waals surface area contributed by atoms with Crippen molar-refractivity contribution in [3.05, 3.63) is 146 Å². The monoisotopic (exact) mass is 628 g/mol. The minimum atomic E-state index is -0.169. The maximum absolute atomic E-state index is 13.5. The molecule has 0 bridgehead atoms. The van der Waals surface area contributed by atoms with Crippen molar-refractivity contribution in [3.63, 3.8) is 0 Å². The van der Waals surface area contributed by atoms with Gasteiger partial charge < -0.3 is 10.6 Å². The molecule has 1 aliphatic rings. The first-order chi connectivity index (χ1) is 23.6. The largest absolute Gasteiger partial charge is 0.326 e. The van der Waals surface area contributed by atoms with Gasteiger partial charge in [0.05, 0.1) is 22.8 Å². The minimum absolute atomic E-state index is 0.0211. The van der Waals surface area contributed by atoms with E-state index in [4.69, 9.17) is 9.97 Å². The molecule has 1 saturated carbocycles. The Balaban J connectivity index is 1.03. The van der Waals surface area contributed by atoms with Crippen LogP contribution in [0, 0.1) is 11.8 Å². The first-order valence-corrected chi connectivity index (χ1v) is 16.5. The summed E-state index contributed by atoms with van der Waals surface area (Å²) in [5.74, 6) is -0.379. The minimum Gasteiger partial charge on any atom is -0.326 e. The summed E-state index contributed by atoms with van der Waals surface area (Å²) in [5, 5.41) is 6.35. The molecule has 2 N–H and O–H groups in total. The van der Waals surface area contributed by atoms with E-state index in [0.717, 1.165) is 45.0 Å². The molecule has 236 valence electrons. The smallest absolute Gasteiger partial charge is 0.227 e. The van der Waals surface area contributed by atoms with Crippen LogP contribution in [-0.2, 0) is 9.59 Å². The number of benzene rings is 4. The van der Waals surface area contributed by atoms with Crippen LogP contribution in [-0.4, -0.2) is 21.8 Å². The quantitative estimate of drug-likeness (QED) is 0.176. The normalized spacial score (nSPS) is 15.8. The van der Waals surface area contributed by atoms with Crippen molar-refractivity contribution in [2.24, 2.45) is 11.8 Å². The van der Waals surface area contributed by atoms with Crippen LogP contribution in [0.4, 0.5) is 11.4 Å². The van der Waals surface area contributed by atoms with Crippen LogP contribution in [0.3, 0.4) is 0 Å². The van der Waals surface area contributed by atoms with E-state index in [1.165, 1.54) is 0 Å². The van der Waals surface area contributed by atoms with Crippen LogP contribution < -0.4 is 10.6 Å². The Kier molecular flexibility index (Phi) is 9.14. The Morgan fingerprint density at radius 2 is 0.667 bits per heavy atom. The van der Waals surface area contributed by atoms with Gasteiger partial charge in [-0.05, 0) is 49.9 Å². The van der Waals surface area contributed by atoms with Gasteiger partial charge in [0.15, 0.2) is 0 Å². The van der Waals surface area contributed by atoms with Crippen LogP contribution in [0.1, 0.15) is 25.7 Å². The molecular formula is C42H36N4O2. The highest BCUT2D eigenvalue weighted by Gasteiger charge is 2.30. The molecule has 0 unspecified atom stereocenters. The van der Waals surface area contributed by atoms with Crippen molar-refractivity contribution >= 4 is 23.2 Å². The molecule has 2 amide bonds. The van der Waals surface area contributed by atoms with E-state index in [1.807, 2.05) is 146 Å². The second kappa shape index (κ2) is 14.3. The summed E-state index contributed by atoms with van der Waals surface area (Å²) in [6.45, 7) is 0. The average molecular weight is 629 g/mol. The van der Waals surface area contributed by atoms with Crippen LogP contribution >= 0.6 is 0 Å². The lowest BCUT2D eigenvalue weighted by molar-refractivity contribution is -0.125. The van der Waals surface area contributed by atoms with Crippen LogP contribution in [0.2, 0.25) is 0 Å². The van der Waals surface area contributed by atoms with Gasteiger partial charge in [-0.1, -0.05) is 121 Å². The maximum Gasteiger partial charge on any atom is 0.227 e. The maximum atomic E-state index is 13.5. The van der Waals surface area contributed by atoms with Crippen molar-refractivity contribution in [3.8, 4) is 45.0 Å². The van der Waals surface area contributed by atoms with E-state index in [-0.39, 0.29) is 23.7 Å². The number of amides is 2. The standard InChI is InChI=1S/C42H36N4O2/c47-41(43-35-25-37(29-13-5-1-6-14-29)45-38(26-35)30-15-7-2-8-16-30)33-21-23-34(24-22-33)42(48)44-36-27-39(31-17-9-3-10-18-31)46-40(28-36)32-19-11-4-12-20-32/h1-20,25-28,33-34H,21-24H2,(H,43,45,47)(H,44,46,48). The zero-order valence-electron chi connectivity index (χ0n) is 26.6. The van der Waals surface area contributed by atoms with Crippen LogP contribution in [0.5, 0.6) is 0 Å². The number of rotatable bonds is 8. The molecule has 6 nitrogen and oxygen atoms in total. The summed E-state index contributed by atoms with van der Waals surface area (Å²) in [6.07, 6.45) is 2.58. The van der Waals surface area contributed by atoms with Gasteiger partial charge in [-0.25, -0.2) is 9.97 Å². The number of pyridine rings is 2. The molecule has 6 heteroatoms. The Morgan fingerprint density at radius 1 is 0.417 bits per heavy atom. The SMILES string of the molecule is O=C(Nc1cc(-c2ccccc2)nc(-c2ccccc2)c1)C1CCC(C(=O)Nc2cc(-c3ccccc3)nc(-c3ccccc3)c2)CC1. The van der Waals surface area contributed by atoms with Crippen molar-refractivity contribution in [1.82, 2.24) is 9.97 Å². The third-order valence-electron chi connectivity index (χ3n) is 8.93. The Labute approximate surface area is 280 Å². The zero-order valence-corrected chi connectivity index (χ0v) is 26.6. The fraction of sp³-hybridized carbons (Fsp3) is 0.143. The number of hydrogen-bond donors (Lipinski definition) is 2. The third-order valence-corrected chi connectivity index (χ3v) is 8.93. The molecule has 4 aromatic carbocycles. The second-order valence-electron chi connectivity index (χ2n) is 12.2. The van der Waals surface area contributed by atoms with Gasteiger partial charge >= 0.3 is 0 Å². The summed E-state index contributed by atoms with van der Waals surface area (Å²) in [7, 11) is 0. The number of carbonyl (C=O) groups is 2. The Bertz CT molecular complexity index is 1740. The lowest BCUT2D eigenvalue weighted by Crippen LogP contribution is -2.32. The molecule has 0 aliphatic heterocycles. The van der Waals surface area contributed by atoms with E-state index >= 15 is 0 Å². The second-order valence-corrected chi connectivity index (χ2v) is 12.2. The van der Waals surface area contributed by atoms with Gasteiger partial charge in [-0.15, -0.1) is 0 Å². The van der Waals surface area contributed by atoms with Gasteiger partial charge in [-0.2, -0.15) is 0 Å². The molecule has 48 heavy (non-hydrogen) atoms. The number of aromatic nitrogens is 2. The van der Waals surface area contributed by atoms with E-state index < -0.39 is 0 Å². The lowest BCUT2D eigenvalue weighted by Gasteiger charge is -2.27. The van der Waals surface area contributed by atoms with Crippen LogP contribution in [0.15, 0.2) is 146 Å². The summed E-state index contributed by atoms with van der Waals surface area (Å²) in [6, 6.07) is 47.7. The fourth-order valence-corrected chi connectivity index (χ4v) is 6.34. The molecule has 7 rings (SSSR count). The summed E-state index contributed by atoms with van der Waals surface area (Å²) < 4.78 is 0. The number of nitrogens with one attached hydrogen (secondary N) is 2. The Morgan fingerprint density at radius 3 is 0.917 bits per heavy atom. The van der Waals surface area contributed by atoms with E-state index in [1.54, 1.807) is 0 Å². The molecule has 2 heterocycles. The predicted octanol–water partition coefficient (Wildman–Crippen LogP) is 9.53. The first-order valence-electron chi connectivity index (χ1n) is 16.5. The molecule has 0 radical (unpaired) electrons. The molecule has 2 aromatic heterocycles. The van der Waals surface area contributed by atoms with E-state index in [0.29, 0.717) is 37.1 Å². The van der Waals surface area contributed by atoms with Gasteiger partial charge in [-0.3, -0.25) is 9.59 Å². The van der Waals surface area contributed by atoms with E-state index in [2.05, 4.69) is 10.6 Å². The Hall–Kier alpha value is -5.88. The average Bonchev–Trinajstić information content (AvgIpc) is 3.16. The molecule has 1 fully saturated rings. The number of hydrogen-bond acceptors (Lipinski definition) is 4. The molecule has 0 spiro atoms. The summed E-state index contributed by atoms with van der Waals surface area (Å²) in [4.78, 5) is 36.9. The highest BCUT2D eigenvalue weighted by Crippen LogP contribution is 2.33. The predicted molar refractivity (Wildman–Crippen MR) is 193 cm³/mol. The molecule has 0 saturated heterocycles. The molecular weight excluding hydrogens is 592 g/mol. The molecule has 1 aliphatic carbocycles. The first kappa shape index (κ1) is 30.8. The lowest BCUT2D eigenvalue weighted by atomic mass is 9.81. The number of nitrogens with zero attached hydrogens (tertiary/aromatic N) is 2. The molecule has 6 aromatic rings. The van der Waals surface area contributed by atoms with Gasteiger partial charge in [0.2, 0.25) is 11.8 Å². The van der Waals surface area contributed by atoms with Crippen molar-refractivity contribution in [1.29, 1.82) is 0 Å². The van der Waals surface area contributed by atoms with Crippen molar-refractivity contribution in [2.75, 3.05) is 10.6 Å². The fourth-order valence-electron chi connectivity index (χ4n) is 6.34.